The summed E-state index contributed by atoms with van der Waals surface area (Å²) in [7, 11) is 0. The van der Waals surface area contributed by atoms with Crippen molar-refractivity contribution in [2.24, 2.45) is 0 Å². The van der Waals surface area contributed by atoms with Crippen LogP contribution < -0.4 is 0 Å². The van der Waals surface area contributed by atoms with Gasteiger partial charge in [-0.3, -0.25) is 0 Å². The SMILES string of the molecule is Fc1cc(Cl)ccc1C(Cl)Cc1ccsc1. The number of benzene rings is 1. The molecule has 0 N–H and O–H groups in total. The molecule has 0 amide bonds. The molecule has 84 valence electrons. The largest absolute Gasteiger partial charge is 0.207 e. The van der Waals surface area contributed by atoms with Crippen molar-refractivity contribution in [1.29, 1.82) is 0 Å². The molecule has 4 heteroatoms. The Morgan fingerprint density at radius 3 is 2.75 bits per heavy atom. The van der Waals surface area contributed by atoms with E-state index in [9.17, 15) is 4.39 Å². The average Bonchev–Trinajstić information content (AvgIpc) is 2.70. The van der Waals surface area contributed by atoms with E-state index in [4.69, 9.17) is 23.2 Å². The molecule has 0 bridgehead atoms. The first-order valence-corrected chi connectivity index (χ1v) is 6.52. The van der Waals surface area contributed by atoms with Crippen LogP contribution in [0.5, 0.6) is 0 Å². The Balaban J connectivity index is 2.17. The quantitative estimate of drug-likeness (QED) is 0.686. The Kier molecular flexibility index (Phi) is 3.85. The number of alkyl halides is 1. The fourth-order valence-corrected chi connectivity index (χ4v) is 2.68. The molecule has 1 atom stereocenters. The minimum absolute atomic E-state index is 0.345. The van der Waals surface area contributed by atoms with Crippen molar-refractivity contribution in [2.75, 3.05) is 0 Å². The summed E-state index contributed by atoms with van der Waals surface area (Å²) in [5, 5.41) is 4.04. The lowest BCUT2D eigenvalue weighted by Gasteiger charge is -2.10. The number of thiophene rings is 1. The van der Waals surface area contributed by atoms with Crippen LogP contribution in [0, 0.1) is 5.82 Å². The summed E-state index contributed by atoms with van der Waals surface area (Å²) in [4.78, 5) is 0. The normalized spacial score (nSPS) is 12.7. The Bertz CT molecular complexity index is 468. The Morgan fingerprint density at radius 1 is 1.31 bits per heavy atom. The predicted octanol–water partition coefficient (Wildman–Crippen LogP) is 5.06. The van der Waals surface area contributed by atoms with Crippen molar-refractivity contribution < 1.29 is 4.39 Å². The molecule has 0 fully saturated rings. The van der Waals surface area contributed by atoms with Crippen molar-refractivity contribution >= 4 is 34.5 Å². The van der Waals surface area contributed by atoms with Crippen LogP contribution >= 0.6 is 34.5 Å². The summed E-state index contributed by atoms with van der Waals surface area (Å²) in [6.07, 6.45) is 0.629. The van der Waals surface area contributed by atoms with E-state index in [1.165, 1.54) is 6.07 Å². The smallest absolute Gasteiger partial charge is 0.129 e. The summed E-state index contributed by atoms with van der Waals surface area (Å²) in [6.45, 7) is 0. The van der Waals surface area contributed by atoms with Crippen LogP contribution in [-0.4, -0.2) is 0 Å². The second-order valence-corrected chi connectivity index (χ2v) is 5.21. The topological polar surface area (TPSA) is 0 Å². The molecule has 0 radical (unpaired) electrons. The maximum Gasteiger partial charge on any atom is 0.129 e. The zero-order valence-electron chi connectivity index (χ0n) is 8.29. The van der Waals surface area contributed by atoms with Crippen LogP contribution in [0.25, 0.3) is 0 Å². The van der Waals surface area contributed by atoms with Crippen molar-refractivity contribution in [2.45, 2.75) is 11.8 Å². The van der Waals surface area contributed by atoms with Gasteiger partial charge in [-0.25, -0.2) is 4.39 Å². The predicted molar refractivity (Wildman–Crippen MR) is 68.0 cm³/mol. The Labute approximate surface area is 108 Å². The molecule has 0 saturated heterocycles. The summed E-state index contributed by atoms with van der Waals surface area (Å²) in [5.74, 6) is -0.345. The van der Waals surface area contributed by atoms with Crippen LogP contribution in [0.3, 0.4) is 0 Å². The number of halogens is 3. The van der Waals surface area contributed by atoms with Crippen LogP contribution in [0.1, 0.15) is 16.5 Å². The summed E-state index contributed by atoms with van der Waals surface area (Å²) >= 11 is 13.5. The molecule has 2 aromatic rings. The van der Waals surface area contributed by atoms with E-state index in [0.717, 1.165) is 5.56 Å². The van der Waals surface area contributed by atoms with Gasteiger partial charge >= 0.3 is 0 Å². The molecular weight excluding hydrogens is 266 g/mol. The van der Waals surface area contributed by atoms with Gasteiger partial charge in [0.05, 0.1) is 5.38 Å². The third-order valence-corrected chi connectivity index (χ3v) is 3.65. The van der Waals surface area contributed by atoms with Crippen LogP contribution in [0.15, 0.2) is 35.0 Å². The second-order valence-electron chi connectivity index (χ2n) is 3.47. The average molecular weight is 275 g/mol. The molecule has 2 rings (SSSR count). The van der Waals surface area contributed by atoms with E-state index < -0.39 is 0 Å². The van der Waals surface area contributed by atoms with Gasteiger partial charge in [0.2, 0.25) is 0 Å². The molecule has 0 aliphatic carbocycles. The van der Waals surface area contributed by atoms with Gasteiger partial charge in [-0.1, -0.05) is 17.7 Å². The van der Waals surface area contributed by atoms with E-state index in [1.807, 2.05) is 16.8 Å². The van der Waals surface area contributed by atoms with E-state index in [-0.39, 0.29) is 11.2 Å². The monoisotopic (exact) mass is 274 g/mol. The molecule has 16 heavy (non-hydrogen) atoms. The van der Waals surface area contributed by atoms with E-state index >= 15 is 0 Å². The minimum Gasteiger partial charge on any atom is -0.207 e. The zero-order chi connectivity index (χ0) is 11.5. The number of hydrogen-bond donors (Lipinski definition) is 0. The van der Waals surface area contributed by atoms with Crippen molar-refractivity contribution in [1.82, 2.24) is 0 Å². The van der Waals surface area contributed by atoms with Crippen molar-refractivity contribution in [3.8, 4) is 0 Å². The molecule has 0 nitrogen and oxygen atoms in total. The van der Waals surface area contributed by atoms with Gasteiger partial charge in [-0.05, 0) is 40.9 Å². The molecule has 0 saturated carbocycles. The molecule has 1 aromatic carbocycles. The standard InChI is InChI=1S/C12H9Cl2FS/c13-9-1-2-10(12(15)6-9)11(14)5-8-3-4-16-7-8/h1-4,6-7,11H,5H2. The molecule has 1 unspecified atom stereocenters. The molecule has 0 aliphatic heterocycles. The van der Waals surface area contributed by atoms with Crippen molar-refractivity contribution in [3.63, 3.8) is 0 Å². The maximum atomic E-state index is 13.6. The zero-order valence-corrected chi connectivity index (χ0v) is 10.6. The van der Waals surface area contributed by atoms with Crippen LogP contribution in [0.2, 0.25) is 5.02 Å². The summed E-state index contributed by atoms with van der Waals surface area (Å²) in [5.41, 5.74) is 1.62. The molecule has 0 aliphatic rings. The number of rotatable bonds is 3. The third-order valence-electron chi connectivity index (χ3n) is 2.29. The number of hydrogen-bond acceptors (Lipinski definition) is 1. The van der Waals surface area contributed by atoms with Gasteiger partial charge in [0.25, 0.3) is 0 Å². The first-order valence-electron chi connectivity index (χ1n) is 4.77. The van der Waals surface area contributed by atoms with Gasteiger partial charge in [-0.2, -0.15) is 11.3 Å². The van der Waals surface area contributed by atoms with Crippen molar-refractivity contribution in [3.05, 3.63) is 57.0 Å². The fraction of sp³-hybridized carbons (Fsp3) is 0.167. The fourth-order valence-electron chi connectivity index (χ4n) is 1.48. The first kappa shape index (κ1) is 11.9. The molecule has 0 spiro atoms. The van der Waals surface area contributed by atoms with Crippen LogP contribution in [0.4, 0.5) is 4.39 Å². The van der Waals surface area contributed by atoms with E-state index in [2.05, 4.69) is 0 Å². The van der Waals surface area contributed by atoms with Gasteiger partial charge in [0, 0.05) is 10.6 Å². The highest BCUT2D eigenvalue weighted by atomic mass is 35.5. The highest BCUT2D eigenvalue weighted by Crippen LogP contribution is 2.29. The Hall–Kier alpha value is -0.570. The lowest BCUT2D eigenvalue weighted by Crippen LogP contribution is -1.98. The second kappa shape index (κ2) is 5.17. The summed E-state index contributed by atoms with van der Waals surface area (Å²) < 4.78 is 13.6. The van der Waals surface area contributed by atoms with Gasteiger partial charge in [-0.15, -0.1) is 11.6 Å². The third kappa shape index (κ3) is 2.76. The van der Waals surface area contributed by atoms with Crippen LogP contribution in [-0.2, 0) is 6.42 Å². The van der Waals surface area contributed by atoms with E-state index in [0.29, 0.717) is 17.0 Å². The minimum atomic E-state index is -0.355. The highest BCUT2D eigenvalue weighted by Gasteiger charge is 2.14. The van der Waals surface area contributed by atoms with Gasteiger partial charge in [0.15, 0.2) is 0 Å². The van der Waals surface area contributed by atoms with E-state index in [1.54, 1.807) is 23.5 Å². The van der Waals surface area contributed by atoms with Gasteiger partial charge in [0.1, 0.15) is 5.82 Å². The molecular formula is C12H9Cl2FS. The maximum absolute atomic E-state index is 13.6. The first-order chi connectivity index (χ1) is 7.66. The van der Waals surface area contributed by atoms with Gasteiger partial charge < -0.3 is 0 Å². The molecule has 1 aromatic heterocycles. The highest BCUT2D eigenvalue weighted by molar-refractivity contribution is 7.07. The summed E-state index contributed by atoms with van der Waals surface area (Å²) in [6, 6.07) is 6.58. The lowest BCUT2D eigenvalue weighted by atomic mass is 10.1. The Morgan fingerprint density at radius 2 is 2.12 bits per heavy atom. The lowest BCUT2D eigenvalue weighted by molar-refractivity contribution is 0.606. The molecule has 1 heterocycles.